The highest BCUT2D eigenvalue weighted by molar-refractivity contribution is 5.35. The van der Waals surface area contributed by atoms with Gasteiger partial charge in [0.15, 0.2) is 0 Å². The highest BCUT2D eigenvalue weighted by Crippen LogP contribution is 2.20. The number of hydrogen-bond acceptors (Lipinski definition) is 1. The van der Waals surface area contributed by atoms with Gasteiger partial charge in [-0.05, 0) is 69.1 Å². The van der Waals surface area contributed by atoms with Crippen LogP contribution in [0, 0.1) is 6.92 Å². The van der Waals surface area contributed by atoms with Crippen LogP contribution >= 0.6 is 0 Å². The van der Waals surface area contributed by atoms with E-state index in [4.69, 9.17) is 0 Å². The highest BCUT2D eigenvalue weighted by atomic mass is 16.3. The van der Waals surface area contributed by atoms with Crippen molar-refractivity contribution in [1.29, 1.82) is 0 Å². The van der Waals surface area contributed by atoms with Crippen LogP contribution < -0.4 is 0 Å². The van der Waals surface area contributed by atoms with Gasteiger partial charge in [0.25, 0.3) is 0 Å². The Morgan fingerprint density at radius 2 is 1.80 bits per heavy atom. The standard InChI is InChI=1S/C18H29NO/c1-16-10-11-17(15-18(16)20)9-5-3-6-12-19(2)13-7-4-8-14-19/h10-11,15H,3-9,12-14H2,1-2H3/p+1. The molecule has 1 aromatic rings. The Bertz CT molecular complexity index is 421. The average Bonchev–Trinajstić information content (AvgIpc) is 2.43. The summed E-state index contributed by atoms with van der Waals surface area (Å²) in [5, 5.41) is 9.70. The second kappa shape index (κ2) is 7.12. The SMILES string of the molecule is Cc1ccc(CCCCC[N+]2(C)CCCCC2)cc1O. The van der Waals surface area contributed by atoms with Gasteiger partial charge in [0.05, 0.1) is 26.7 Å². The van der Waals surface area contributed by atoms with Crippen LogP contribution in [-0.2, 0) is 6.42 Å². The zero-order valence-corrected chi connectivity index (χ0v) is 13.2. The Morgan fingerprint density at radius 1 is 1.05 bits per heavy atom. The summed E-state index contributed by atoms with van der Waals surface area (Å²) in [6, 6.07) is 6.09. The molecule has 112 valence electrons. The van der Waals surface area contributed by atoms with Crippen LogP contribution in [0.15, 0.2) is 18.2 Å². The van der Waals surface area contributed by atoms with Gasteiger partial charge < -0.3 is 9.59 Å². The van der Waals surface area contributed by atoms with Crippen LogP contribution in [0.4, 0.5) is 0 Å². The van der Waals surface area contributed by atoms with Crippen LogP contribution in [0.25, 0.3) is 0 Å². The second-order valence-corrected chi connectivity index (χ2v) is 6.78. The molecular formula is C18H30NO+. The number of nitrogens with zero attached hydrogens (tertiary/aromatic N) is 1. The summed E-state index contributed by atoms with van der Waals surface area (Å²) in [4.78, 5) is 0. The molecule has 1 aliphatic heterocycles. The summed E-state index contributed by atoms with van der Waals surface area (Å²) in [5.41, 5.74) is 2.24. The lowest BCUT2D eigenvalue weighted by Gasteiger charge is -2.37. The van der Waals surface area contributed by atoms with Crippen LogP contribution in [0.1, 0.15) is 49.7 Å². The molecule has 20 heavy (non-hydrogen) atoms. The summed E-state index contributed by atoms with van der Waals surface area (Å²) in [6.07, 6.45) is 9.25. The first kappa shape index (κ1) is 15.4. The molecule has 1 aliphatic rings. The van der Waals surface area contributed by atoms with E-state index < -0.39 is 0 Å². The van der Waals surface area contributed by atoms with Gasteiger partial charge in [-0.1, -0.05) is 12.1 Å². The van der Waals surface area contributed by atoms with Crippen molar-refractivity contribution >= 4 is 0 Å². The number of rotatable bonds is 6. The van der Waals surface area contributed by atoms with E-state index in [-0.39, 0.29) is 0 Å². The first-order chi connectivity index (χ1) is 9.59. The maximum atomic E-state index is 9.70. The van der Waals surface area contributed by atoms with Gasteiger partial charge in [-0.15, -0.1) is 0 Å². The molecule has 0 unspecified atom stereocenters. The van der Waals surface area contributed by atoms with E-state index in [0.717, 1.165) is 12.0 Å². The third kappa shape index (κ3) is 4.52. The summed E-state index contributed by atoms with van der Waals surface area (Å²) in [7, 11) is 2.43. The fourth-order valence-corrected chi connectivity index (χ4v) is 3.31. The van der Waals surface area contributed by atoms with Gasteiger partial charge in [-0.25, -0.2) is 0 Å². The third-order valence-corrected chi connectivity index (χ3v) is 4.83. The number of aromatic hydroxyl groups is 1. The van der Waals surface area contributed by atoms with Crippen molar-refractivity contribution < 1.29 is 9.59 Å². The van der Waals surface area contributed by atoms with E-state index >= 15 is 0 Å². The maximum absolute atomic E-state index is 9.70. The maximum Gasteiger partial charge on any atom is 0.118 e. The quantitative estimate of drug-likeness (QED) is 0.614. The van der Waals surface area contributed by atoms with Crippen molar-refractivity contribution in [1.82, 2.24) is 0 Å². The Hall–Kier alpha value is -1.02. The molecule has 0 radical (unpaired) electrons. The van der Waals surface area contributed by atoms with Gasteiger partial charge in [0.1, 0.15) is 5.75 Å². The number of quaternary nitrogens is 1. The van der Waals surface area contributed by atoms with Gasteiger partial charge in [-0.2, -0.15) is 0 Å². The summed E-state index contributed by atoms with van der Waals surface area (Å²) < 4.78 is 1.30. The van der Waals surface area contributed by atoms with Crippen molar-refractivity contribution in [2.45, 2.75) is 51.9 Å². The first-order valence-corrected chi connectivity index (χ1v) is 8.21. The largest absolute Gasteiger partial charge is 0.508 e. The monoisotopic (exact) mass is 276 g/mol. The Balaban J connectivity index is 1.65. The van der Waals surface area contributed by atoms with E-state index in [0.29, 0.717) is 5.75 Å². The minimum absolute atomic E-state index is 0.439. The molecule has 0 bridgehead atoms. The fraction of sp³-hybridized carbons (Fsp3) is 0.667. The minimum atomic E-state index is 0.439. The summed E-state index contributed by atoms with van der Waals surface area (Å²) >= 11 is 0. The van der Waals surface area contributed by atoms with Crippen LogP contribution in [0.5, 0.6) is 5.75 Å². The van der Waals surface area contributed by atoms with Gasteiger partial charge in [0, 0.05) is 0 Å². The van der Waals surface area contributed by atoms with Crippen LogP contribution in [0.3, 0.4) is 0 Å². The smallest absolute Gasteiger partial charge is 0.118 e. The van der Waals surface area contributed by atoms with E-state index in [1.807, 2.05) is 19.1 Å². The molecular weight excluding hydrogens is 246 g/mol. The molecule has 0 amide bonds. The number of phenols is 1. The van der Waals surface area contributed by atoms with Gasteiger partial charge in [0.2, 0.25) is 0 Å². The molecule has 0 atom stereocenters. The Kier molecular flexibility index (Phi) is 5.47. The number of benzene rings is 1. The molecule has 0 aromatic heterocycles. The van der Waals surface area contributed by atoms with Crippen molar-refractivity contribution in [3.8, 4) is 5.75 Å². The molecule has 2 rings (SSSR count). The van der Waals surface area contributed by atoms with Gasteiger partial charge in [-0.3, -0.25) is 0 Å². The third-order valence-electron chi connectivity index (χ3n) is 4.83. The average molecular weight is 276 g/mol. The number of aryl methyl sites for hydroxylation is 2. The predicted octanol–water partition coefficient (Wildman–Crippen LogP) is 4.04. The fourth-order valence-electron chi connectivity index (χ4n) is 3.31. The number of piperidine rings is 1. The molecule has 0 saturated carbocycles. The van der Waals surface area contributed by atoms with E-state index in [1.165, 1.54) is 68.2 Å². The molecule has 2 nitrogen and oxygen atoms in total. The van der Waals surface area contributed by atoms with E-state index in [9.17, 15) is 5.11 Å². The van der Waals surface area contributed by atoms with E-state index in [2.05, 4.69) is 13.1 Å². The lowest BCUT2D eigenvalue weighted by Crippen LogP contribution is -2.48. The zero-order chi connectivity index (χ0) is 14.4. The molecule has 0 aliphatic carbocycles. The van der Waals surface area contributed by atoms with Crippen molar-refractivity contribution in [3.63, 3.8) is 0 Å². The van der Waals surface area contributed by atoms with Crippen molar-refractivity contribution in [2.75, 3.05) is 26.7 Å². The Labute approximate surface area is 124 Å². The number of likely N-dealkylation sites (tertiary alicyclic amines) is 1. The summed E-state index contributed by atoms with van der Waals surface area (Å²) in [5.74, 6) is 0.439. The number of unbranched alkanes of at least 4 members (excludes halogenated alkanes) is 2. The van der Waals surface area contributed by atoms with Gasteiger partial charge >= 0.3 is 0 Å². The molecule has 1 saturated heterocycles. The Morgan fingerprint density at radius 3 is 2.50 bits per heavy atom. The molecule has 1 N–H and O–H groups in total. The summed E-state index contributed by atoms with van der Waals surface area (Å²) in [6.45, 7) is 6.05. The molecule has 1 aromatic carbocycles. The van der Waals surface area contributed by atoms with Crippen LogP contribution in [0.2, 0.25) is 0 Å². The zero-order valence-electron chi connectivity index (χ0n) is 13.2. The number of phenolic OH excluding ortho intramolecular Hbond substituents is 1. The van der Waals surface area contributed by atoms with Crippen molar-refractivity contribution in [3.05, 3.63) is 29.3 Å². The second-order valence-electron chi connectivity index (χ2n) is 6.78. The minimum Gasteiger partial charge on any atom is -0.508 e. The first-order valence-electron chi connectivity index (χ1n) is 8.21. The molecule has 1 fully saturated rings. The predicted molar refractivity (Wildman–Crippen MR) is 85.0 cm³/mol. The van der Waals surface area contributed by atoms with Crippen molar-refractivity contribution in [2.24, 2.45) is 0 Å². The van der Waals surface area contributed by atoms with Crippen LogP contribution in [-0.4, -0.2) is 36.3 Å². The van der Waals surface area contributed by atoms with E-state index in [1.54, 1.807) is 0 Å². The molecule has 2 heteroatoms. The molecule has 0 spiro atoms. The lowest BCUT2D eigenvalue weighted by molar-refractivity contribution is -0.914. The molecule has 1 heterocycles. The normalized spacial score (nSPS) is 18.1. The lowest BCUT2D eigenvalue weighted by atomic mass is 10.0. The highest BCUT2D eigenvalue weighted by Gasteiger charge is 2.23. The number of hydrogen-bond donors (Lipinski definition) is 1. The topological polar surface area (TPSA) is 20.2 Å².